The Hall–Kier alpha value is -1.88. The van der Waals surface area contributed by atoms with Crippen LogP contribution in [0.1, 0.15) is 19.8 Å². The molecule has 0 unspecified atom stereocenters. The SMILES string of the molecule is CC1(C(=O)O)CCN(CC(=O)Nc2ccccc2)CC1. The van der Waals surface area contributed by atoms with Crippen molar-refractivity contribution in [2.75, 3.05) is 25.0 Å². The minimum atomic E-state index is -0.745. The van der Waals surface area contributed by atoms with Crippen LogP contribution in [0.3, 0.4) is 0 Å². The van der Waals surface area contributed by atoms with Gasteiger partial charge in [-0.1, -0.05) is 18.2 Å². The number of nitrogens with one attached hydrogen (secondary N) is 1. The van der Waals surface area contributed by atoms with Gasteiger partial charge in [-0.3, -0.25) is 14.5 Å². The fourth-order valence-electron chi connectivity index (χ4n) is 2.34. The van der Waals surface area contributed by atoms with Crippen LogP contribution in [0.5, 0.6) is 0 Å². The fraction of sp³-hybridized carbons (Fsp3) is 0.467. The zero-order valence-corrected chi connectivity index (χ0v) is 11.6. The highest BCUT2D eigenvalue weighted by Gasteiger charge is 2.37. The molecule has 1 aromatic rings. The first-order valence-corrected chi connectivity index (χ1v) is 6.80. The summed E-state index contributed by atoms with van der Waals surface area (Å²) >= 11 is 0. The molecule has 5 heteroatoms. The van der Waals surface area contributed by atoms with Crippen molar-refractivity contribution in [2.45, 2.75) is 19.8 Å². The Morgan fingerprint density at radius 1 is 1.25 bits per heavy atom. The normalized spacial score (nSPS) is 18.4. The molecule has 2 rings (SSSR count). The van der Waals surface area contributed by atoms with Gasteiger partial charge in [0.15, 0.2) is 0 Å². The zero-order chi connectivity index (χ0) is 14.6. The molecule has 1 aliphatic heterocycles. The van der Waals surface area contributed by atoms with Gasteiger partial charge in [0.25, 0.3) is 0 Å². The van der Waals surface area contributed by atoms with E-state index in [1.165, 1.54) is 0 Å². The molecule has 0 radical (unpaired) electrons. The van der Waals surface area contributed by atoms with Gasteiger partial charge in [0.05, 0.1) is 12.0 Å². The smallest absolute Gasteiger partial charge is 0.309 e. The third kappa shape index (κ3) is 3.57. The van der Waals surface area contributed by atoms with E-state index in [0.717, 1.165) is 5.69 Å². The van der Waals surface area contributed by atoms with Crippen molar-refractivity contribution in [2.24, 2.45) is 5.41 Å². The van der Waals surface area contributed by atoms with Crippen molar-refractivity contribution >= 4 is 17.6 Å². The first kappa shape index (κ1) is 14.5. The summed E-state index contributed by atoms with van der Waals surface area (Å²) in [6.07, 6.45) is 1.17. The lowest BCUT2D eigenvalue weighted by Crippen LogP contribution is -2.45. The summed E-state index contributed by atoms with van der Waals surface area (Å²) in [6.45, 7) is 3.37. The third-order valence-electron chi connectivity index (χ3n) is 3.90. The van der Waals surface area contributed by atoms with Crippen LogP contribution in [0.15, 0.2) is 30.3 Å². The van der Waals surface area contributed by atoms with Crippen LogP contribution in [-0.2, 0) is 9.59 Å². The fourth-order valence-corrected chi connectivity index (χ4v) is 2.34. The van der Waals surface area contributed by atoms with Gasteiger partial charge in [0, 0.05) is 5.69 Å². The van der Waals surface area contributed by atoms with Crippen LogP contribution in [0, 0.1) is 5.41 Å². The van der Waals surface area contributed by atoms with Crippen molar-refractivity contribution in [3.8, 4) is 0 Å². The number of carbonyl (C=O) groups is 2. The lowest BCUT2D eigenvalue weighted by Gasteiger charge is -2.35. The summed E-state index contributed by atoms with van der Waals surface area (Å²) in [4.78, 5) is 25.1. The summed E-state index contributed by atoms with van der Waals surface area (Å²) in [5.41, 5.74) is 0.136. The van der Waals surface area contributed by atoms with Gasteiger partial charge in [-0.15, -0.1) is 0 Å². The van der Waals surface area contributed by atoms with Gasteiger partial charge in [-0.25, -0.2) is 0 Å². The van der Waals surface area contributed by atoms with Gasteiger partial charge in [-0.05, 0) is 45.0 Å². The number of carbonyl (C=O) groups excluding carboxylic acids is 1. The molecule has 108 valence electrons. The highest BCUT2D eigenvalue weighted by molar-refractivity contribution is 5.92. The minimum Gasteiger partial charge on any atom is -0.481 e. The first-order valence-electron chi connectivity index (χ1n) is 6.80. The molecule has 2 N–H and O–H groups in total. The maximum absolute atomic E-state index is 11.9. The van der Waals surface area contributed by atoms with Crippen molar-refractivity contribution in [3.05, 3.63) is 30.3 Å². The van der Waals surface area contributed by atoms with Crippen LogP contribution in [0.2, 0.25) is 0 Å². The number of aliphatic carboxylic acids is 1. The van der Waals surface area contributed by atoms with Crippen LogP contribution in [-0.4, -0.2) is 41.5 Å². The molecule has 1 amide bonds. The Balaban J connectivity index is 1.81. The molecule has 0 atom stereocenters. The molecule has 0 aromatic heterocycles. The number of hydrogen-bond acceptors (Lipinski definition) is 3. The Kier molecular flexibility index (Phi) is 4.39. The Bertz CT molecular complexity index is 479. The number of hydrogen-bond donors (Lipinski definition) is 2. The van der Waals surface area contributed by atoms with E-state index in [0.29, 0.717) is 32.5 Å². The van der Waals surface area contributed by atoms with E-state index in [1.807, 2.05) is 35.2 Å². The molecule has 5 nitrogen and oxygen atoms in total. The number of benzene rings is 1. The highest BCUT2D eigenvalue weighted by Crippen LogP contribution is 2.30. The number of nitrogens with zero attached hydrogens (tertiary/aromatic N) is 1. The summed E-state index contributed by atoms with van der Waals surface area (Å²) < 4.78 is 0. The molecule has 1 aromatic carbocycles. The maximum Gasteiger partial charge on any atom is 0.309 e. The topological polar surface area (TPSA) is 69.6 Å². The van der Waals surface area contributed by atoms with E-state index in [4.69, 9.17) is 5.11 Å². The number of likely N-dealkylation sites (tertiary alicyclic amines) is 1. The lowest BCUT2D eigenvalue weighted by molar-refractivity contribution is -0.150. The summed E-state index contributed by atoms with van der Waals surface area (Å²) in [7, 11) is 0. The molecule has 1 fully saturated rings. The van der Waals surface area contributed by atoms with Gasteiger partial charge in [0.1, 0.15) is 0 Å². The lowest BCUT2D eigenvalue weighted by atomic mass is 9.80. The number of carboxylic acids is 1. The van der Waals surface area contributed by atoms with E-state index >= 15 is 0 Å². The monoisotopic (exact) mass is 276 g/mol. The third-order valence-corrected chi connectivity index (χ3v) is 3.90. The number of anilines is 1. The van der Waals surface area contributed by atoms with E-state index in [-0.39, 0.29) is 5.91 Å². The van der Waals surface area contributed by atoms with Gasteiger partial charge < -0.3 is 10.4 Å². The average molecular weight is 276 g/mol. The van der Waals surface area contributed by atoms with Crippen LogP contribution in [0.25, 0.3) is 0 Å². The Labute approximate surface area is 118 Å². The molecule has 0 bridgehead atoms. The number of carboxylic acid groups (broad SMARTS) is 1. The second-order valence-corrected chi connectivity index (χ2v) is 5.56. The van der Waals surface area contributed by atoms with Gasteiger partial charge >= 0.3 is 5.97 Å². The van der Waals surface area contributed by atoms with Gasteiger partial charge in [-0.2, -0.15) is 0 Å². The van der Waals surface area contributed by atoms with Crippen molar-refractivity contribution in [3.63, 3.8) is 0 Å². The standard InChI is InChI=1S/C15H20N2O3/c1-15(14(19)20)7-9-17(10-8-15)11-13(18)16-12-5-3-2-4-6-12/h2-6H,7-11H2,1H3,(H,16,18)(H,19,20). The predicted octanol–water partition coefficient (Wildman–Crippen LogP) is 1.81. The van der Waals surface area contributed by atoms with Crippen LogP contribution < -0.4 is 5.32 Å². The van der Waals surface area contributed by atoms with E-state index in [1.54, 1.807) is 6.92 Å². The van der Waals surface area contributed by atoms with Crippen molar-refractivity contribution in [1.82, 2.24) is 4.90 Å². The summed E-state index contributed by atoms with van der Waals surface area (Å²) in [6, 6.07) is 9.32. The minimum absolute atomic E-state index is 0.0601. The Morgan fingerprint density at radius 3 is 2.40 bits per heavy atom. The first-order chi connectivity index (χ1) is 9.49. The molecule has 1 aliphatic rings. The summed E-state index contributed by atoms with van der Waals surface area (Å²) in [5.74, 6) is -0.805. The second-order valence-electron chi connectivity index (χ2n) is 5.56. The number of piperidine rings is 1. The largest absolute Gasteiger partial charge is 0.481 e. The average Bonchev–Trinajstić information content (AvgIpc) is 2.42. The predicted molar refractivity (Wildman–Crippen MR) is 76.5 cm³/mol. The van der Waals surface area contributed by atoms with Crippen LogP contribution in [0.4, 0.5) is 5.69 Å². The number of para-hydroxylation sites is 1. The highest BCUT2D eigenvalue weighted by atomic mass is 16.4. The molecule has 20 heavy (non-hydrogen) atoms. The summed E-state index contributed by atoms with van der Waals surface area (Å²) in [5, 5.41) is 12.0. The molecule has 0 aliphatic carbocycles. The van der Waals surface area contributed by atoms with E-state index in [9.17, 15) is 9.59 Å². The van der Waals surface area contributed by atoms with E-state index < -0.39 is 11.4 Å². The quantitative estimate of drug-likeness (QED) is 0.880. The number of rotatable bonds is 4. The maximum atomic E-state index is 11.9. The van der Waals surface area contributed by atoms with Crippen LogP contribution >= 0.6 is 0 Å². The molecular weight excluding hydrogens is 256 g/mol. The molecule has 0 saturated carbocycles. The Morgan fingerprint density at radius 2 is 1.85 bits per heavy atom. The second kappa shape index (κ2) is 6.05. The van der Waals surface area contributed by atoms with Gasteiger partial charge in [0.2, 0.25) is 5.91 Å². The molecule has 0 spiro atoms. The van der Waals surface area contributed by atoms with Crippen molar-refractivity contribution in [1.29, 1.82) is 0 Å². The van der Waals surface area contributed by atoms with Crippen molar-refractivity contribution < 1.29 is 14.7 Å². The van der Waals surface area contributed by atoms with E-state index in [2.05, 4.69) is 5.32 Å². The molecule has 1 heterocycles. The number of amides is 1. The zero-order valence-electron chi connectivity index (χ0n) is 11.6. The molecule has 1 saturated heterocycles. The molecular formula is C15H20N2O3.